The molecule has 1 aliphatic rings. The van der Waals surface area contributed by atoms with Crippen LogP contribution in [0.2, 0.25) is 0 Å². The van der Waals surface area contributed by atoms with Crippen molar-refractivity contribution in [3.05, 3.63) is 29.8 Å². The van der Waals surface area contributed by atoms with Gasteiger partial charge in [0.05, 0.1) is 6.04 Å². The molecule has 1 aliphatic heterocycles. The minimum absolute atomic E-state index is 0.0482. The second-order valence-corrected chi connectivity index (χ2v) is 6.33. The highest BCUT2D eigenvalue weighted by Gasteiger charge is 2.29. The molecule has 1 unspecified atom stereocenters. The average molecular weight is 274 g/mol. The Hall–Kier alpha value is -1.35. The van der Waals surface area contributed by atoms with E-state index >= 15 is 0 Å². The van der Waals surface area contributed by atoms with Gasteiger partial charge in [0, 0.05) is 30.1 Å². The van der Waals surface area contributed by atoms with E-state index in [1.807, 2.05) is 13.8 Å². The molecule has 0 radical (unpaired) electrons. The van der Waals surface area contributed by atoms with Crippen molar-refractivity contribution in [1.82, 2.24) is 5.32 Å². The summed E-state index contributed by atoms with van der Waals surface area (Å²) < 4.78 is 0. The summed E-state index contributed by atoms with van der Waals surface area (Å²) in [5.41, 5.74) is 2.57. The van der Waals surface area contributed by atoms with Crippen LogP contribution >= 0.6 is 0 Å². The van der Waals surface area contributed by atoms with Gasteiger partial charge in [-0.3, -0.25) is 4.79 Å². The molecule has 1 aromatic carbocycles. The third kappa shape index (κ3) is 3.40. The van der Waals surface area contributed by atoms with Crippen LogP contribution < -0.4 is 10.6 Å². The SMILES string of the molecule is CC(C)N[C@H](CC1CNc2ccccc21)C(=O)C(C)C. The van der Waals surface area contributed by atoms with Crippen molar-refractivity contribution in [3.8, 4) is 0 Å². The molecule has 3 heteroatoms. The van der Waals surface area contributed by atoms with Crippen molar-refractivity contribution in [2.45, 2.75) is 52.1 Å². The van der Waals surface area contributed by atoms with E-state index in [4.69, 9.17) is 0 Å². The van der Waals surface area contributed by atoms with Gasteiger partial charge < -0.3 is 10.6 Å². The summed E-state index contributed by atoms with van der Waals surface area (Å²) in [6, 6.07) is 8.70. The van der Waals surface area contributed by atoms with Crippen molar-refractivity contribution in [3.63, 3.8) is 0 Å². The molecular formula is C17H26N2O. The summed E-state index contributed by atoms with van der Waals surface area (Å²) >= 11 is 0. The summed E-state index contributed by atoms with van der Waals surface area (Å²) in [6.07, 6.45) is 0.874. The summed E-state index contributed by atoms with van der Waals surface area (Å²) in [5.74, 6) is 0.823. The Bertz CT molecular complexity index is 468. The number of hydrogen-bond donors (Lipinski definition) is 2. The van der Waals surface area contributed by atoms with Crippen molar-refractivity contribution < 1.29 is 4.79 Å². The van der Waals surface area contributed by atoms with Crippen LogP contribution in [0.4, 0.5) is 5.69 Å². The largest absolute Gasteiger partial charge is 0.384 e. The number of carbonyl (C=O) groups is 1. The van der Waals surface area contributed by atoms with E-state index in [1.54, 1.807) is 0 Å². The second kappa shape index (κ2) is 6.40. The number of rotatable bonds is 6. The van der Waals surface area contributed by atoms with Gasteiger partial charge in [0.15, 0.2) is 5.78 Å². The van der Waals surface area contributed by atoms with Crippen molar-refractivity contribution >= 4 is 11.5 Å². The number of ketones is 1. The maximum atomic E-state index is 12.4. The predicted octanol–water partition coefficient (Wildman–Crippen LogP) is 3.18. The molecule has 0 aliphatic carbocycles. The van der Waals surface area contributed by atoms with Crippen LogP contribution in [0.3, 0.4) is 0 Å². The van der Waals surface area contributed by atoms with Gasteiger partial charge in [0.2, 0.25) is 0 Å². The van der Waals surface area contributed by atoms with Crippen LogP contribution in [0.5, 0.6) is 0 Å². The Balaban J connectivity index is 2.11. The van der Waals surface area contributed by atoms with Gasteiger partial charge in [0.25, 0.3) is 0 Å². The first-order chi connectivity index (χ1) is 9.49. The summed E-state index contributed by atoms with van der Waals surface area (Å²) in [7, 11) is 0. The fourth-order valence-electron chi connectivity index (χ4n) is 2.92. The molecule has 0 amide bonds. The molecule has 0 fully saturated rings. The molecule has 0 aromatic heterocycles. The lowest BCUT2D eigenvalue weighted by Crippen LogP contribution is -2.43. The first kappa shape index (κ1) is 15.0. The smallest absolute Gasteiger partial charge is 0.152 e. The zero-order valence-electron chi connectivity index (χ0n) is 12.9. The van der Waals surface area contributed by atoms with E-state index in [-0.39, 0.29) is 12.0 Å². The van der Waals surface area contributed by atoms with E-state index < -0.39 is 0 Å². The average Bonchev–Trinajstić information content (AvgIpc) is 2.80. The highest BCUT2D eigenvalue weighted by atomic mass is 16.1. The Morgan fingerprint density at radius 2 is 2.00 bits per heavy atom. The Morgan fingerprint density at radius 1 is 1.30 bits per heavy atom. The third-order valence-electron chi connectivity index (χ3n) is 3.91. The number of para-hydroxylation sites is 1. The molecule has 20 heavy (non-hydrogen) atoms. The summed E-state index contributed by atoms with van der Waals surface area (Å²) in [5, 5.41) is 6.88. The summed E-state index contributed by atoms with van der Waals surface area (Å²) in [4.78, 5) is 12.4. The quantitative estimate of drug-likeness (QED) is 0.837. The molecule has 3 nitrogen and oxygen atoms in total. The predicted molar refractivity (Wildman–Crippen MR) is 84.2 cm³/mol. The van der Waals surface area contributed by atoms with E-state index in [0.717, 1.165) is 13.0 Å². The molecule has 110 valence electrons. The van der Waals surface area contributed by atoms with Gasteiger partial charge in [-0.1, -0.05) is 45.9 Å². The molecule has 2 N–H and O–H groups in total. The maximum Gasteiger partial charge on any atom is 0.152 e. The van der Waals surface area contributed by atoms with Gasteiger partial charge in [-0.25, -0.2) is 0 Å². The monoisotopic (exact) mass is 274 g/mol. The Kier molecular flexibility index (Phi) is 4.81. The fourth-order valence-corrected chi connectivity index (χ4v) is 2.92. The lowest BCUT2D eigenvalue weighted by atomic mass is 9.89. The lowest BCUT2D eigenvalue weighted by molar-refractivity contribution is -0.124. The number of carbonyl (C=O) groups excluding carboxylic acids is 1. The van der Waals surface area contributed by atoms with E-state index in [2.05, 4.69) is 48.7 Å². The van der Waals surface area contributed by atoms with Crippen LogP contribution in [0.15, 0.2) is 24.3 Å². The number of anilines is 1. The lowest BCUT2D eigenvalue weighted by Gasteiger charge is -2.24. The van der Waals surface area contributed by atoms with E-state index in [1.165, 1.54) is 11.3 Å². The number of Topliss-reactive ketones (excluding diaryl/α,β-unsaturated/α-hetero) is 1. The van der Waals surface area contributed by atoms with Crippen molar-refractivity contribution in [2.24, 2.45) is 5.92 Å². The highest BCUT2D eigenvalue weighted by molar-refractivity contribution is 5.86. The van der Waals surface area contributed by atoms with Crippen LogP contribution in [-0.2, 0) is 4.79 Å². The molecule has 2 rings (SSSR count). The highest BCUT2D eigenvalue weighted by Crippen LogP contribution is 2.34. The standard InChI is InChI=1S/C17H26N2O/c1-11(2)17(20)16(19-12(3)4)9-13-10-18-15-8-6-5-7-14(13)15/h5-8,11-13,16,18-19H,9-10H2,1-4H3/t13?,16-/m1/s1. The van der Waals surface area contributed by atoms with Crippen LogP contribution in [0.1, 0.15) is 45.6 Å². The van der Waals surface area contributed by atoms with Gasteiger partial charge in [0.1, 0.15) is 0 Å². The van der Waals surface area contributed by atoms with Crippen molar-refractivity contribution in [1.29, 1.82) is 0 Å². The number of hydrogen-bond acceptors (Lipinski definition) is 3. The molecule has 2 atom stereocenters. The van der Waals surface area contributed by atoms with Gasteiger partial charge in [-0.2, -0.15) is 0 Å². The van der Waals surface area contributed by atoms with E-state index in [9.17, 15) is 4.79 Å². The summed E-state index contributed by atoms with van der Waals surface area (Å²) in [6.45, 7) is 9.10. The van der Waals surface area contributed by atoms with Gasteiger partial charge >= 0.3 is 0 Å². The fraction of sp³-hybridized carbons (Fsp3) is 0.588. The van der Waals surface area contributed by atoms with Gasteiger partial charge in [-0.15, -0.1) is 0 Å². The molecule has 0 saturated heterocycles. The molecule has 0 spiro atoms. The second-order valence-electron chi connectivity index (χ2n) is 6.33. The number of nitrogens with one attached hydrogen (secondary N) is 2. The van der Waals surface area contributed by atoms with E-state index in [0.29, 0.717) is 17.7 Å². The van der Waals surface area contributed by atoms with Crippen LogP contribution in [-0.4, -0.2) is 24.4 Å². The van der Waals surface area contributed by atoms with Crippen molar-refractivity contribution in [2.75, 3.05) is 11.9 Å². The molecule has 0 saturated carbocycles. The molecule has 0 bridgehead atoms. The first-order valence-corrected chi connectivity index (χ1v) is 7.61. The van der Waals surface area contributed by atoms with Gasteiger partial charge in [-0.05, 0) is 18.1 Å². The Labute approximate surface area is 122 Å². The van der Waals surface area contributed by atoms with Crippen LogP contribution in [0.25, 0.3) is 0 Å². The first-order valence-electron chi connectivity index (χ1n) is 7.61. The Morgan fingerprint density at radius 3 is 2.65 bits per heavy atom. The topological polar surface area (TPSA) is 41.1 Å². The van der Waals surface area contributed by atoms with Crippen LogP contribution in [0, 0.1) is 5.92 Å². The molecular weight excluding hydrogens is 248 g/mol. The minimum atomic E-state index is -0.0482. The molecule has 1 aromatic rings. The number of fused-ring (bicyclic) bond motifs is 1. The third-order valence-corrected chi connectivity index (χ3v) is 3.91. The zero-order chi connectivity index (χ0) is 14.7. The zero-order valence-corrected chi connectivity index (χ0v) is 12.9. The maximum absolute atomic E-state index is 12.4. The molecule has 1 heterocycles. The number of benzene rings is 1. The minimum Gasteiger partial charge on any atom is -0.384 e. The normalized spacial score (nSPS) is 19.0.